The van der Waals surface area contributed by atoms with Crippen LogP contribution < -0.4 is 10.1 Å². The number of hydrogen-bond donors (Lipinski definition) is 1. The first-order valence-corrected chi connectivity index (χ1v) is 6.92. The number of amides is 1. The van der Waals surface area contributed by atoms with E-state index in [9.17, 15) is 4.79 Å². The number of hydrogen-bond acceptors (Lipinski definition) is 3. The van der Waals surface area contributed by atoms with Crippen LogP contribution in [0.4, 0.5) is 5.69 Å². The third-order valence-corrected chi connectivity index (χ3v) is 3.22. The quantitative estimate of drug-likeness (QED) is 0.841. The number of thiophene rings is 1. The van der Waals surface area contributed by atoms with Crippen molar-refractivity contribution in [2.24, 2.45) is 0 Å². The summed E-state index contributed by atoms with van der Waals surface area (Å²) >= 11 is 1.59. The van der Waals surface area contributed by atoms with E-state index >= 15 is 0 Å². The number of ether oxygens (including phenoxy) is 1. The average molecular weight is 273 g/mol. The van der Waals surface area contributed by atoms with Crippen molar-refractivity contribution in [2.45, 2.75) is 6.92 Å². The van der Waals surface area contributed by atoms with E-state index in [-0.39, 0.29) is 5.91 Å². The van der Waals surface area contributed by atoms with E-state index in [2.05, 4.69) is 5.32 Å². The van der Waals surface area contributed by atoms with Gasteiger partial charge in [0.1, 0.15) is 5.75 Å². The first-order valence-electron chi connectivity index (χ1n) is 6.04. The maximum absolute atomic E-state index is 11.8. The van der Waals surface area contributed by atoms with E-state index in [1.165, 1.54) is 6.08 Å². The van der Waals surface area contributed by atoms with E-state index in [4.69, 9.17) is 4.74 Å². The molecule has 98 valence electrons. The molecular formula is C15H15NO2S. The van der Waals surface area contributed by atoms with Gasteiger partial charge in [0.05, 0.1) is 12.3 Å². The van der Waals surface area contributed by atoms with Crippen LogP contribution >= 0.6 is 11.3 Å². The van der Waals surface area contributed by atoms with Gasteiger partial charge in [0.15, 0.2) is 0 Å². The van der Waals surface area contributed by atoms with Gasteiger partial charge in [-0.2, -0.15) is 0 Å². The fourth-order valence-electron chi connectivity index (χ4n) is 1.57. The highest BCUT2D eigenvalue weighted by atomic mass is 32.1. The lowest BCUT2D eigenvalue weighted by Gasteiger charge is -2.09. The number of anilines is 1. The third kappa shape index (κ3) is 3.96. The minimum atomic E-state index is -0.166. The molecule has 3 nitrogen and oxygen atoms in total. The van der Waals surface area contributed by atoms with Gasteiger partial charge < -0.3 is 10.1 Å². The second-order valence-corrected chi connectivity index (χ2v) is 4.75. The summed E-state index contributed by atoms with van der Waals surface area (Å²) in [4.78, 5) is 12.9. The summed E-state index contributed by atoms with van der Waals surface area (Å²) in [5.74, 6) is 0.517. The maximum atomic E-state index is 11.8. The predicted octanol–water partition coefficient (Wildman–Crippen LogP) is 3.80. The Labute approximate surface area is 116 Å². The Morgan fingerprint density at radius 2 is 2.16 bits per heavy atom. The molecule has 2 aromatic rings. The molecule has 19 heavy (non-hydrogen) atoms. The Bertz CT molecular complexity index is 561. The molecule has 1 aromatic heterocycles. The number of carbonyl (C=O) groups excluding carboxylic acids is 1. The van der Waals surface area contributed by atoms with Crippen molar-refractivity contribution >= 4 is 29.0 Å². The van der Waals surface area contributed by atoms with Crippen molar-refractivity contribution in [3.8, 4) is 5.75 Å². The lowest BCUT2D eigenvalue weighted by Crippen LogP contribution is -2.09. The highest BCUT2D eigenvalue weighted by Gasteiger charge is 2.04. The van der Waals surface area contributed by atoms with Crippen LogP contribution in [0.5, 0.6) is 5.75 Å². The van der Waals surface area contributed by atoms with Gasteiger partial charge in [-0.05, 0) is 36.6 Å². The van der Waals surface area contributed by atoms with Gasteiger partial charge in [0, 0.05) is 11.0 Å². The standard InChI is InChI=1S/C15H15NO2S/c1-2-18-14-8-4-3-7-13(14)16-15(17)10-9-12-6-5-11-19-12/h3-11H,2H2,1H3,(H,16,17). The first-order chi connectivity index (χ1) is 9.29. The fraction of sp³-hybridized carbons (Fsp3) is 0.133. The zero-order valence-corrected chi connectivity index (χ0v) is 11.4. The van der Waals surface area contributed by atoms with E-state index in [0.29, 0.717) is 18.0 Å². The lowest BCUT2D eigenvalue weighted by molar-refractivity contribution is -0.111. The Hall–Kier alpha value is -2.07. The Kier molecular flexibility index (Phi) is 4.75. The Morgan fingerprint density at radius 1 is 1.32 bits per heavy atom. The van der Waals surface area contributed by atoms with Gasteiger partial charge in [-0.15, -0.1) is 11.3 Å². The maximum Gasteiger partial charge on any atom is 0.248 e. The van der Waals surface area contributed by atoms with Crippen molar-refractivity contribution in [1.29, 1.82) is 0 Å². The first kappa shape index (κ1) is 13.4. The van der Waals surface area contributed by atoms with Crippen LogP contribution in [0.3, 0.4) is 0 Å². The van der Waals surface area contributed by atoms with Crippen LogP contribution in [0.25, 0.3) is 6.08 Å². The summed E-state index contributed by atoms with van der Waals surface area (Å²) < 4.78 is 5.45. The molecule has 4 heteroatoms. The summed E-state index contributed by atoms with van der Waals surface area (Å²) in [6, 6.07) is 11.3. The molecule has 1 heterocycles. The molecule has 0 aliphatic heterocycles. The van der Waals surface area contributed by atoms with E-state index in [0.717, 1.165) is 4.88 Å². The molecule has 0 spiro atoms. The molecule has 0 fully saturated rings. The SMILES string of the molecule is CCOc1ccccc1NC(=O)C=Cc1cccs1. The average Bonchev–Trinajstić information content (AvgIpc) is 2.92. The fourth-order valence-corrected chi connectivity index (χ4v) is 2.19. The molecule has 1 N–H and O–H groups in total. The highest BCUT2D eigenvalue weighted by Crippen LogP contribution is 2.23. The summed E-state index contributed by atoms with van der Waals surface area (Å²) in [5, 5.41) is 4.79. The van der Waals surface area contributed by atoms with Crippen LogP contribution in [0, 0.1) is 0 Å². The number of nitrogens with one attached hydrogen (secondary N) is 1. The summed E-state index contributed by atoms with van der Waals surface area (Å²) in [6.45, 7) is 2.48. The third-order valence-electron chi connectivity index (χ3n) is 2.39. The van der Waals surface area contributed by atoms with Crippen LogP contribution in [0.2, 0.25) is 0 Å². The van der Waals surface area contributed by atoms with Gasteiger partial charge >= 0.3 is 0 Å². The molecule has 0 saturated heterocycles. The van der Waals surface area contributed by atoms with Gasteiger partial charge in [0.25, 0.3) is 0 Å². The second kappa shape index (κ2) is 6.75. The van der Waals surface area contributed by atoms with Crippen molar-refractivity contribution in [2.75, 3.05) is 11.9 Å². The summed E-state index contributed by atoms with van der Waals surface area (Å²) in [5.41, 5.74) is 0.685. The normalized spacial score (nSPS) is 10.6. The second-order valence-electron chi connectivity index (χ2n) is 3.77. The van der Waals surface area contributed by atoms with E-state index in [1.807, 2.05) is 48.7 Å². The summed E-state index contributed by atoms with van der Waals surface area (Å²) in [7, 11) is 0. The molecule has 0 aliphatic rings. The number of benzene rings is 1. The molecule has 1 aromatic carbocycles. The molecular weight excluding hydrogens is 258 g/mol. The predicted molar refractivity (Wildman–Crippen MR) is 79.6 cm³/mol. The van der Waals surface area contributed by atoms with Crippen molar-refractivity contribution in [3.63, 3.8) is 0 Å². The molecule has 0 bridgehead atoms. The van der Waals surface area contributed by atoms with Gasteiger partial charge in [0.2, 0.25) is 5.91 Å². The lowest BCUT2D eigenvalue weighted by atomic mass is 10.3. The van der Waals surface area contributed by atoms with Crippen LogP contribution in [0.1, 0.15) is 11.8 Å². The molecule has 0 unspecified atom stereocenters. The van der Waals surface area contributed by atoms with Crippen LogP contribution in [-0.4, -0.2) is 12.5 Å². The van der Waals surface area contributed by atoms with Crippen molar-refractivity contribution in [1.82, 2.24) is 0 Å². The van der Waals surface area contributed by atoms with Crippen LogP contribution in [-0.2, 0) is 4.79 Å². The smallest absolute Gasteiger partial charge is 0.248 e. The van der Waals surface area contributed by atoms with Gasteiger partial charge in [-0.1, -0.05) is 18.2 Å². The molecule has 2 rings (SSSR count). The van der Waals surface area contributed by atoms with E-state index in [1.54, 1.807) is 17.4 Å². The number of para-hydroxylation sites is 2. The van der Waals surface area contributed by atoms with Crippen molar-refractivity contribution < 1.29 is 9.53 Å². The largest absolute Gasteiger partial charge is 0.492 e. The minimum Gasteiger partial charge on any atom is -0.492 e. The van der Waals surface area contributed by atoms with Crippen molar-refractivity contribution in [3.05, 3.63) is 52.7 Å². The molecule has 1 amide bonds. The molecule has 0 saturated carbocycles. The van der Waals surface area contributed by atoms with Gasteiger partial charge in [-0.3, -0.25) is 4.79 Å². The monoisotopic (exact) mass is 273 g/mol. The Balaban J connectivity index is 2.02. The van der Waals surface area contributed by atoms with E-state index < -0.39 is 0 Å². The summed E-state index contributed by atoms with van der Waals surface area (Å²) in [6.07, 6.45) is 3.32. The minimum absolute atomic E-state index is 0.166. The number of carbonyl (C=O) groups is 1. The molecule has 0 atom stereocenters. The zero-order valence-electron chi connectivity index (χ0n) is 10.6. The Morgan fingerprint density at radius 3 is 2.89 bits per heavy atom. The molecule has 0 radical (unpaired) electrons. The number of rotatable bonds is 5. The highest BCUT2D eigenvalue weighted by molar-refractivity contribution is 7.10. The van der Waals surface area contributed by atoms with Gasteiger partial charge in [-0.25, -0.2) is 0 Å². The topological polar surface area (TPSA) is 38.3 Å². The zero-order chi connectivity index (χ0) is 13.5. The molecule has 0 aliphatic carbocycles. The van der Waals surface area contributed by atoms with Crippen LogP contribution in [0.15, 0.2) is 47.9 Å².